The van der Waals surface area contributed by atoms with Crippen LogP contribution in [0, 0.1) is 5.82 Å². The number of aliphatic hydroxyl groups excluding tert-OH is 1. The zero-order valence-corrected chi connectivity index (χ0v) is 14.0. The lowest BCUT2D eigenvalue weighted by Gasteiger charge is -2.23. The van der Waals surface area contributed by atoms with E-state index in [1.165, 1.54) is 18.2 Å². The third-order valence-electron chi connectivity index (χ3n) is 3.29. The van der Waals surface area contributed by atoms with Crippen molar-refractivity contribution in [3.05, 3.63) is 67.9 Å². The molecule has 2 rings (SSSR count). The molecule has 112 valence electrons. The predicted molar refractivity (Wildman–Crippen MR) is 87.3 cm³/mol. The minimum Gasteiger partial charge on any atom is -0.388 e. The molecule has 0 heterocycles. The summed E-state index contributed by atoms with van der Waals surface area (Å²) in [5.74, 6) is -0.752. The monoisotopic (exact) mass is 391 g/mol. The van der Waals surface area contributed by atoms with Crippen LogP contribution >= 0.6 is 39.1 Å². The van der Waals surface area contributed by atoms with Gasteiger partial charge in [0, 0.05) is 16.9 Å². The maximum Gasteiger partial charge on any atom is 0.124 e. The third kappa shape index (κ3) is 3.76. The fourth-order valence-corrected chi connectivity index (χ4v) is 3.04. The smallest absolute Gasteiger partial charge is 0.124 e. The van der Waals surface area contributed by atoms with E-state index in [-0.39, 0.29) is 18.3 Å². The molecule has 0 saturated carbocycles. The largest absolute Gasteiger partial charge is 0.388 e. The summed E-state index contributed by atoms with van der Waals surface area (Å²) in [7, 11) is 0. The van der Waals surface area contributed by atoms with E-state index >= 15 is 0 Å². The molecular weight excluding hydrogens is 380 g/mol. The Labute approximate surface area is 140 Å². The van der Waals surface area contributed by atoms with Gasteiger partial charge in [-0.25, -0.2) is 4.39 Å². The predicted octanol–water partition coefficient (Wildman–Crippen LogP) is 4.67. The fraction of sp³-hybridized carbons (Fsp3) is 0.200. The molecule has 0 aromatic heterocycles. The summed E-state index contributed by atoms with van der Waals surface area (Å²) in [5.41, 5.74) is 7.13. The van der Waals surface area contributed by atoms with Gasteiger partial charge in [0.2, 0.25) is 0 Å². The van der Waals surface area contributed by atoms with Crippen LogP contribution in [-0.2, 0) is 0 Å². The molecular formula is C15H13BrCl2FNO. The number of hydrogen-bond donors (Lipinski definition) is 2. The highest BCUT2D eigenvalue weighted by Crippen LogP contribution is 2.36. The van der Waals surface area contributed by atoms with Gasteiger partial charge in [-0.3, -0.25) is 0 Å². The number of halogens is 4. The van der Waals surface area contributed by atoms with Gasteiger partial charge in [-0.1, -0.05) is 51.3 Å². The molecule has 0 bridgehead atoms. The van der Waals surface area contributed by atoms with Crippen LogP contribution < -0.4 is 5.73 Å². The Kier molecular flexibility index (Phi) is 5.63. The van der Waals surface area contributed by atoms with E-state index in [4.69, 9.17) is 28.9 Å². The summed E-state index contributed by atoms with van der Waals surface area (Å²) in [6, 6.07) is 9.25. The molecule has 0 aliphatic carbocycles. The molecule has 2 aromatic rings. The molecule has 0 spiro atoms. The van der Waals surface area contributed by atoms with Gasteiger partial charge in [0.15, 0.2) is 0 Å². The maximum absolute atomic E-state index is 13.1. The number of nitrogens with two attached hydrogens (primary N) is 1. The zero-order chi connectivity index (χ0) is 15.6. The fourth-order valence-electron chi connectivity index (χ4n) is 2.15. The van der Waals surface area contributed by atoms with Crippen molar-refractivity contribution in [2.75, 3.05) is 6.54 Å². The quantitative estimate of drug-likeness (QED) is 0.793. The van der Waals surface area contributed by atoms with Crippen molar-refractivity contribution in [1.82, 2.24) is 0 Å². The van der Waals surface area contributed by atoms with Crippen LogP contribution in [0.1, 0.15) is 23.1 Å². The molecule has 2 aromatic carbocycles. The van der Waals surface area contributed by atoms with Crippen molar-refractivity contribution >= 4 is 39.1 Å². The number of hydrogen-bond acceptors (Lipinski definition) is 2. The van der Waals surface area contributed by atoms with Gasteiger partial charge in [0.1, 0.15) is 5.82 Å². The van der Waals surface area contributed by atoms with E-state index in [1.807, 2.05) is 0 Å². The summed E-state index contributed by atoms with van der Waals surface area (Å²) in [6.45, 7) is 0.211. The summed E-state index contributed by atoms with van der Waals surface area (Å²) >= 11 is 15.2. The van der Waals surface area contributed by atoms with Gasteiger partial charge in [-0.05, 0) is 35.4 Å². The van der Waals surface area contributed by atoms with Gasteiger partial charge in [0.05, 0.1) is 16.1 Å². The van der Waals surface area contributed by atoms with Gasteiger partial charge in [-0.15, -0.1) is 0 Å². The minimum atomic E-state index is -0.887. The Morgan fingerprint density at radius 3 is 2.43 bits per heavy atom. The first-order valence-corrected chi connectivity index (χ1v) is 7.77. The van der Waals surface area contributed by atoms with Crippen LogP contribution in [0.3, 0.4) is 0 Å². The van der Waals surface area contributed by atoms with E-state index in [2.05, 4.69) is 15.9 Å². The lowest BCUT2D eigenvalue weighted by atomic mass is 9.89. The molecule has 0 aliphatic heterocycles. The van der Waals surface area contributed by atoms with E-state index < -0.39 is 6.10 Å². The highest BCUT2D eigenvalue weighted by Gasteiger charge is 2.24. The Morgan fingerprint density at radius 2 is 1.86 bits per heavy atom. The molecule has 0 radical (unpaired) electrons. The number of rotatable bonds is 4. The molecule has 6 heteroatoms. The third-order valence-corrected chi connectivity index (χ3v) is 4.71. The normalized spacial score (nSPS) is 14.0. The van der Waals surface area contributed by atoms with E-state index in [1.54, 1.807) is 18.2 Å². The average Bonchev–Trinajstić information content (AvgIpc) is 2.43. The Balaban J connectivity index is 2.37. The lowest BCUT2D eigenvalue weighted by Crippen LogP contribution is -2.20. The number of benzene rings is 2. The molecule has 0 fully saturated rings. The highest BCUT2D eigenvalue weighted by molar-refractivity contribution is 9.10. The van der Waals surface area contributed by atoms with Crippen molar-refractivity contribution in [3.63, 3.8) is 0 Å². The first-order valence-electron chi connectivity index (χ1n) is 6.22. The first-order chi connectivity index (χ1) is 9.93. The van der Waals surface area contributed by atoms with Crippen LogP contribution in [0.2, 0.25) is 10.0 Å². The van der Waals surface area contributed by atoms with Crippen LogP contribution in [0.25, 0.3) is 0 Å². The van der Waals surface area contributed by atoms with Crippen molar-refractivity contribution in [2.24, 2.45) is 5.73 Å². The molecule has 21 heavy (non-hydrogen) atoms. The average molecular weight is 393 g/mol. The van der Waals surface area contributed by atoms with Crippen LogP contribution in [0.4, 0.5) is 4.39 Å². The molecule has 3 N–H and O–H groups in total. The molecule has 0 saturated heterocycles. The summed E-state index contributed by atoms with van der Waals surface area (Å²) in [6.07, 6.45) is -0.887. The standard InChI is InChI=1S/C15H13BrCl2FNO/c16-12-6-9(19)2-3-10(12)15(21)11(7-20)8-1-4-13(17)14(18)5-8/h1-6,11,15,21H,7,20H2. The number of aliphatic hydroxyl groups is 1. The Hall–Kier alpha value is -0.650. The van der Waals surface area contributed by atoms with Crippen molar-refractivity contribution in [2.45, 2.75) is 12.0 Å². The molecule has 0 aliphatic rings. The summed E-state index contributed by atoms with van der Waals surface area (Å²) < 4.78 is 13.6. The van der Waals surface area contributed by atoms with E-state index in [0.29, 0.717) is 20.1 Å². The van der Waals surface area contributed by atoms with Gasteiger partial charge in [-0.2, -0.15) is 0 Å². The second-order valence-corrected chi connectivity index (χ2v) is 6.30. The topological polar surface area (TPSA) is 46.2 Å². The van der Waals surface area contributed by atoms with Gasteiger partial charge >= 0.3 is 0 Å². The van der Waals surface area contributed by atoms with Crippen molar-refractivity contribution in [3.8, 4) is 0 Å². The first kappa shape index (κ1) is 16.7. The molecule has 0 amide bonds. The minimum absolute atomic E-state index is 0.211. The molecule has 2 atom stereocenters. The Bertz CT molecular complexity index is 654. The zero-order valence-electron chi connectivity index (χ0n) is 10.9. The Morgan fingerprint density at radius 1 is 1.14 bits per heavy atom. The van der Waals surface area contributed by atoms with E-state index in [9.17, 15) is 9.50 Å². The van der Waals surface area contributed by atoms with Crippen LogP contribution in [0.5, 0.6) is 0 Å². The van der Waals surface area contributed by atoms with Crippen molar-refractivity contribution in [1.29, 1.82) is 0 Å². The summed E-state index contributed by atoms with van der Waals surface area (Å²) in [4.78, 5) is 0. The van der Waals surface area contributed by atoms with Crippen LogP contribution in [0.15, 0.2) is 40.9 Å². The molecule has 2 nitrogen and oxygen atoms in total. The second-order valence-electron chi connectivity index (χ2n) is 4.63. The lowest BCUT2D eigenvalue weighted by molar-refractivity contribution is 0.146. The SMILES string of the molecule is NCC(c1ccc(Cl)c(Cl)c1)C(O)c1ccc(F)cc1Br. The van der Waals surface area contributed by atoms with Crippen LogP contribution in [-0.4, -0.2) is 11.7 Å². The van der Waals surface area contributed by atoms with E-state index in [0.717, 1.165) is 5.56 Å². The maximum atomic E-state index is 13.1. The molecule has 2 unspecified atom stereocenters. The van der Waals surface area contributed by atoms with Crippen molar-refractivity contribution < 1.29 is 9.50 Å². The second kappa shape index (κ2) is 7.07. The summed E-state index contributed by atoms with van der Waals surface area (Å²) in [5, 5.41) is 11.4. The highest BCUT2D eigenvalue weighted by atomic mass is 79.9. The van der Waals surface area contributed by atoms with Gasteiger partial charge < -0.3 is 10.8 Å². The van der Waals surface area contributed by atoms with Gasteiger partial charge in [0.25, 0.3) is 0 Å².